The third-order valence-corrected chi connectivity index (χ3v) is 3.38. The van der Waals surface area contributed by atoms with Gasteiger partial charge in [0.05, 0.1) is 5.69 Å². The summed E-state index contributed by atoms with van der Waals surface area (Å²) in [6.07, 6.45) is 0. The molecule has 18 heavy (non-hydrogen) atoms. The fourth-order valence-corrected chi connectivity index (χ4v) is 1.93. The van der Waals surface area contributed by atoms with Gasteiger partial charge in [-0.25, -0.2) is 9.07 Å². The Kier molecular flexibility index (Phi) is 3.22. The molecule has 0 aliphatic heterocycles. The highest BCUT2D eigenvalue weighted by molar-refractivity contribution is 5.40. The van der Waals surface area contributed by atoms with Crippen molar-refractivity contribution in [1.29, 1.82) is 0 Å². The van der Waals surface area contributed by atoms with E-state index in [1.807, 2.05) is 33.8 Å². The van der Waals surface area contributed by atoms with Crippen LogP contribution in [0.5, 0.6) is 0 Å². The zero-order chi connectivity index (χ0) is 13.4. The lowest BCUT2D eigenvalue weighted by atomic mass is 10.1. The van der Waals surface area contributed by atoms with Crippen LogP contribution in [0.4, 0.5) is 4.39 Å². The van der Waals surface area contributed by atoms with Gasteiger partial charge in [0, 0.05) is 11.7 Å². The maximum absolute atomic E-state index is 14.1. The van der Waals surface area contributed by atoms with Gasteiger partial charge in [0.15, 0.2) is 0 Å². The molecule has 3 nitrogen and oxygen atoms in total. The second-order valence-corrected chi connectivity index (χ2v) is 4.71. The van der Waals surface area contributed by atoms with Crippen molar-refractivity contribution < 1.29 is 4.39 Å². The molecule has 0 fully saturated rings. The fraction of sp³-hybridized carbons (Fsp3) is 0.357. The molecule has 2 N–H and O–H groups in total. The van der Waals surface area contributed by atoms with E-state index in [4.69, 9.17) is 5.73 Å². The van der Waals surface area contributed by atoms with Crippen LogP contribution < -0.4 is 5.73 Å². The standard InChI is InChI=1S/C14H18FN3/c1-8-10(3)17-18(11(8)4)14-6-5-12(9(2)16)7-13(14)15/h5-7,9H,16H2,1-4H3. The predicted octanol–water partition coefficient (Wildman–Crippen LogP) is 2.96. The van der Waals surface area contributed by atoms with Gasteiger partial charge in [-0.05, 0) is 51.0 Å². The molecule has 0 aliphatic rings. The van der Waals surface area contributed by atoms with Crippen LogP contribution in [0, 0.1) is 26.6 Å². The molecule has 4 heteroatoms. The van der Waals surface area contributed by atoms with Crippen LogP contribution in [-0.4, -0.2) is 9.78 Å². The van der Waals surface area contributed by atoms with E-state index in [0.717, 1.165) is 22.5 Å². The van der Waals surface area contributed by atoms with Gasteiger partial charge in [-0.15, -0.1) is 0 Å². The highest BCUT2D eigenvalue weighted by Gasteiger charge is 2.13. The van der Waals surface area contributed by atoms with Crippen molar-refractivity contribution in [3.05, 3.63) is 46.5 Å². The second-order valence-electron chi connectivity index (χ2n) is 4.71. The van der Waals surface area contributed by atoms with E-state index < -0.39 is 0 Å². The van der Waals surface area contributed by atoms with Crippen molar-refractivity contribution in [1.82, 2.24) is 9.78 Å². The summed E-state index contributed by atoms with van der Waals surface area (Å²) in [5.74, 6) is -0.296. The van der Waals surface area contributed by atoms with Crippen LogP contribution in [-0.2, 0) is 0 Å². The lowest BCUT2D eigenvalue weighted by molar-refractivity contribution is 0.603. The second kappa shape index (κ2) is 4.53. The largest absolute Gasteiger partial charge is 0.324 e. The quantitative estimate of drug-likeness (QED) is 0.886. The van der Waals surface area contributed by atoms with E-state index in [1.54, 1.807) is 10.7 Å². The van der Waals surface area contributed by atoms with E-state index in [9.17, 15) is 4.39 Å². The number of nitrogens with two attached hydrogens (primary N) is 1. The molecular formula is C14H18FN3. The van der Waals surface area contributed by atoms with Gasteiger partial charge in [-0.2, -0.15) is 5.10 Å². The monoisotopic (exact) mass is 247 g/mol. The van der Waals surface area contributed by atoms with Gasteiger partial charge >= 0.3 is 0 Å². The van der Waals surface area contributed by atoms with Gasteiger partial charge in [0.25, 0.3) is 0 Å². The highest BCUT2D eigenvalue weighted by atomic mass is 19.1. The molecule has 0 spiro atoms. The van der Waals surface area contributed by atoms with Gasteiger partial charge in [-0.3, -0.25) is 0 Å². The van der Waals surface area contributed by atoms with Crippen LogP contribution in [0.2, 0.25) is 0 Å². The minimum atomic E-state index is -0.296. The molecule has 0 bridgehead atoms. The van der Waals surface area contributed by atoms with Crippen molar-refractivity contribution in [2.24, 2.45) is 5.73 Å². The summed E-state index contributed by atoms with van der Waals surface area (Å²) >= 11 is 0. The Bertz CT molecular complexity index is 585. The molecule has 0 amide bonds. The first-order chi connectivity index (χ1) is 8.41. The molecule has 2 aromatic rings. The molecule has 1 heterocycles. The number of hydrogen-bond acceptors (Lipinski definition) is 2. The summed E-state index contributed by atoms with van der Waals surface area (Å²) in [5.41, 5.74) is 9.96. The van der Waals surface area contributed by atoms with Gasteiger partial charge < -0.3 is 5.73 Å². The Morgan fingerprint density at radius 1 is 1.28 bits per heavy atom. The maximum Gasteiger partial charge on any atom is 0.149 e. The minimum absolute atomic E-state index is 0.171. The number of hydrogen-bond donors (Lipinski definition) is 1. The molecule has 0 radical (unpaired) electrons. The van der Waals surface area contributed by atoms with Crippen LogP contribution in [0.1, 0.15) is 35.5 Å². The zero-order valence-electron chi connectivity index (χ0n) is 11.2. The van der Waals surface area contributed by atoms with Crippen LogP contribution in [0.15, 0.2) is 18.2 Å². The van der Waals surface area contributed by atoms with Crippen LogP contribution >= 0.6 is 0 Å². The molecule has 0 saturated heterocycles. The molecule has 1 aromatic heterocycles. The van der Waals surface area contributed by atoms with Gasteiger partial charge in [0.1, 0.15) is 11.5 Å². The summed E-state index contributed by atoms with van der Waals surface area (Å²) in [4.78, 5) is 0. The first-order valence-corrected chi connectivity index (χ1v) is 6.00. The van der Waals surface area contributed by atoms with Crippen molar-refractivity contribution in [2.75, 3.05) is 0 Å². The molecule has 96 valence electrons. The number of benzene rings is 1. The Morgan fingerprint density at radius 2 is 1.94 bits per heavy atom. The first-order valence-electron chi connectivity index (χ1n) is 6.00. The molecule has 0 aliphatic carbocycles. The summed E-state index contributed by atoms with van der Waals surface area (Å²) in [5, 5.41) is 4.36. The van der Waals surface area contributed by atoms with E-state index in [1.165, 1.54) is 6.07 Å². The number of rotatable bonds is 2. The summed E-state index contributed by atoms with van der Waals surface area (Å²) < 4.78 is 15.7. The number of nitrogens with zero attached hydrogens (tertiary/aromatic N) is 2. The van der Waals surface area contributed by atoms with Crippen molar-refractivity contribution in [2.45, 2.75) is 33.7 Å². The van der Waals surface area contributed by atoms with Gasteiger partial charge in [-0.1, -0.05) is 6.07 Å². The third-order valence-electron chi connectivity index (χ3n) is 3.38. The molecule has 1 atom stereocenters. The van der Waals surface area contributed by atoms with E-state index in [0.29, 0.717) is 5.69 Å². The lowest BCUT2D eigenvalue weighted by Gasteiger charge is -2.10. The van der Waals surface area contributed by atoms with Crippen molar-refractivity contribution in [3.63, 3.8) is 0 Å². The molecule has 1 unspecified atom stereocenters. The fourth-order valence-electron chi connectivity index (χ4n) is 1.93. The SMILES string of the molecule is Cc1nn(-c2ccc(C(C)N)cc2F)c(C)c1C. The number of aryl methyl sites for hydroxylation is 1. The topological polar surface area (TPSA) is 43.8 Å². The molecule has 0 saturated carbocycles. The van der Waals surface area contributed by atoms with Crippen LogP contribution in [0.3, 0.4) is 0 Å². The summed E-state index contributed by atoms with van der Waals surface area (Å²) in [7, 11) is 0. The Balaban J connectivity index is 2.54. The third kappa shape index (κ3) is 2.04. The zero-order valence-corrected chi connectivity index (χ0v) is 11.2. The molecular weight excluding hydrogens is 229 g/mol. The lowest BCUT2D eigenvalue weighted by Crippen LogP contribution is -2.08. The van der Waals surface area contributed by atoms with Gasteiger partial charge in [0.2, 0.25) is 0 Å². The van der Waals surface area contributed by atoms with Crippen molar-refractivity contribution >= 4 is 0 Å². The van der Waals surface area contributed by atoms with E-state index in [-0.39, 0.29) is 11.9 Å². The molecule has 2 rings (SSSR count). The average molecular weight is 247 g/mol. The Morgan fingerprint density at radius 3 is 2.39 bits per heavy atom. The van der Waals surface area contributed by atoms with Crippen LogP contribution in [0.25, 0.3) is 5.69 Å². The van der Waals surface area contributed by atoms with E-state index >= 15 is 0 Å². The highest BCUT2D eigenvalue weighted by Crippen LogP contribution is 2.21. The normalized spacial score (nSPS) is 12.8. The predicted molar refractivity (Wildman–Crippen MR) is 70.3 cm³/mol. The Labute approximate surface area is 106 Å². The average Bonchev–Trinajstić information content (AvgIpc) is 2.57. The smallest absolute Gasteiger partial charge is 0.149 e. The maximum atomic E-state index is 14.1. The first kappa shape index (κ1) is 12.8. The van der Waals surface area contributed by atoms with Crippen molar-refractivity contribution in [3.8, 4) is 5.69 Å². The molecule has 1 aromatic carbocycles. The summed E-state index contributed by atoms with van der Waals surface area (Å²) in [6.45, 7) is 7.69. The minimum Gasteiger partial charge on any atom is -0.324 e. The number of halogens is 1. The van der Waals surface area contributed by atoms with E-state index in [2.05, 4.69) is 5.10 Å². The Hall–Kier alpha value is -1.68. The summed E-state index contributed by atoms with van der Waals surface area (Å²) in [6, 6.07) is 4.88. The number of aromatic nitrogens is 2.